The Morgan fingerprint density at radius 1 is 1.35 bits per heavy atom. The van der Waals surface area contributed by atoms with Crippen LogP contribution in [0.1, 0.15) is 24.0 Å². The van der Waals surface area contributed by atoms with Gasteiger partial charge in [-0.15, -0.1) is 0 Å². The van der Waals surface area contributed by atoms with Crippen LogP contribution in [0.4, 0.5) is 0 Å². The van der Waals surface area contributed by atoms with Crippen LogP contribution in [-0.4, -0.2) is 44.6 Å². The predicted octanol–water partition coefficient (Wildman–Crippen LogP) is 0.860. The Labute approximate surface area is 120 Å². The van der Waals surface area contributed by atoms with Crippen molar-refractivity contribution in [3.63, 3.8) is 0 Å². The molecular formula is C14H22N2O3S. The van der Waals surface area contributed by atoms with Gasteiger partial charge >= 0.3 is 0 Å². The van der Waals surface area contributed by atoms with E-state index in [1.165, 1.54) is 0 Å². The second-order valence-corrected chi connectivity index (χ2v) is 7.14. The molecule has 1 fully saturated rings. The maximum atomic E-state index is 12.5. The molecule has 1 aliphatic rings. The van der Waals surface area contributed by atoms with Crippen molar-refractivity contribution in [1.82, 2.24) is 9.62 Å². The van der Waals surface area contributed by atoms with Crippen molar-refractivity contribution >= 4 is 10.0 Å². The van der Waals surface area contributed by atoms with Crippen LogP contribution in [0, 0.1) is 6.92 Å². The quantitative estimate of drug-likeness (QED) is 0.865. The van der Waals surface area contributed by atoms with Gasteiger partial charge in [0.25, 0.3) is 0 Å². The summed E-state index contributed by atoms with van der Waals surface area (Å²) in [5.41, 5.74) is 1.31. The monoisotopic (exact) mass is 298 g/mol. The van der Waals surface area contributed by atoms with E-state index < -0.39 is 10.0 Å². The maximum Gasteiger partial charge on any atom is 0.241 e. The fraction of sp³-hybridized carbons (Fsp3) is 0.571. The molecule has 2 N–H and O–H groups in total. The molecule has 5 nitrogen and oxygen atoms in total. The summed E-state index contributed by atoms with van der Waals surface area (Å²) in [4.78, 5) is 2.46. The van der Waals surface area contributed by atoms with Gasteiger partial charge in [-0.1, -0.05) is 12.1 Å². The topological polar surface area (TPSA) is 69.6 Å². The third-order valence-electron chi connectivity index (χ3n) is 3.77. The maximum absolute atomic E-state index is 12.5. The number of hydrogen-bond donors (Lipinski definition) is 2. The van der Waals surface area contributed by atoms with Crippen molar-refractivity contribution in [3.05, 3.63) is 29.3 Å². The van der Waals surface area contributed by atoms with Crippen molar-refractivity contribution in [2.45, 2.75) is 37.3 Å². The van der Waals surface area contributed by atoms with Crippen LogP contribution >= 0.6 is 0 Å². The first-order valence-electron chi connectivity index (χ1n) is 6.83. The molecule has 1 aromatic carbocycles. The van der Waals surface area contributed by atoms with Gasteiger partial charge in [-0.2, -0.15) is 0 Å². The van der Waals surface area contributed by atoms with E-state index in [9.17, 15) is 8.42 Å². The lowest BCUT2D eigenvalue weighted by atomic mass is 10.1. The van der Waals surface area contributed by atoms with Gasteiger partial charge in [0.05, 0.1) is 11.5 Å². The standard InChI is InChI=1S/C14H22N2O3S/c1-11-3-4-12(10-17)9-14(11)20(18,19)15-13-5-7-16(2)8-6-13/h3-4,9,13,15,17H,5-8,10H2,1-2H3. The van der Waals surface area contributed by atoms with Crippen LogP contribution in [-0.2, 0) is 16.6 Å². The summed E-state index contributed by atoms with van der Waals surface area (Å²) < 4.78 is 27.7. The molecular weight excluding hydrogens is 276 g/mol. The van der Waals surface area contributed by atoms with Crippen molar-refractivity contribution in [1.29, 1.82) is 0 Å². The molecule has 6 heteroatoms. The van der Waals surface area contributed by atoms with Gasteiger partial charge in [-0.25, -0.2) is 13.1 Å². The van der Waals surface area contributed by atoms with Gasteiger partial charge in [0.15, 0.2) is 0 Å². The summed E-state index contributed by atoms with van der Waals surface area (Å²) in [6, 6.07) is 5.01. The lowest BCUT2D eigenvalue weighted by Gasteiger charge is -2.29. The normalized spacial score (nSPS) is 18.4. The van der Waals surface area contributed by atoms with Crippen LogP contribution < -0.4 is 4.72 Å². The Morgan fingerprint density at radius 3 is 2.60 bits per heavy atom. The molecule has 1 heterocycles. The lowest BCUT2D eigenvalue weighted by Crippen LogP contribution is -2.43. The molecule has 0 aliphatic carbocycles. The highest BCUT2D eigenvalue weighted by molar-refractivity contribution is 7.89. The van der Waals surface area contributed by atoms with Crippen LogP contribution in [0.5, 0.6) is 0 Å². The number of nitrogens with one attached hydrogen (secondary N) is 1. The molecule has 0 saturated carbocycles. The molecule has 0 radical (unpaired) electrons. The molecule has 1 aromatic rings. The number of aliphatic hydroxyl groups is 1. The molecule has 0 spiro atoms. The summed E-state index contributed by atoms with van der Waals surface area (Å²) in [6.45, 7) is 3.42. The van der Waals surface area contributed by atoms with Crippen molar-refractivity contribution < 1.29 is 13.5 Å². The fourth-order valence-corrected chi connectivity index (χ4v) is 4.04. The Balaban J connectivity index is 2.18. The highest BCUT2D eigenvalue weighted by Crippen LogP contribution is 2.19. The molecule has 0 atom stereocenters. The molecule has 112 valence electrons. The van der Waals surface area contributed by atoms with Gasteiger partial charge in [-0.3, -0.25) is 0 Å². The number of nitrogens with zero attached hydrogens (tertiary/aromatic N) is 1. The van der Waals surface area contributed by atoms with Crippen LogP contribution in [0.15, 0.2) is 23.1 Å². The molecule has 0 unspecified atom stereocenters. The average Bonchev–Trinajstić information content (AvgIpc) is 2.41. The van der Waals surface area contributed by atoms with E-state index in [0.29, 0.717) is 11.1 Å². The number of sulfonamides is 1. The third kappa shape index (κ3) is 3.58. The number of aryl methyl sites for hydroxylation is 1. The first-order valence-corrected chi connectivity index (χ1v) is 8.32. The Bertz CT molecular complexity index is 564. The van der Waals surface area contributed by atoms with Gasteiger partial charge < -0.3 is 10.0 Å². The van der Waals surface area contributed by atoms with Crippen LogP contribution in [0.2, 0.25) is 0 Å². The number of piperidine rings is 1. The predicted molar refractivity (Wildman–Crippen MR) is 77.9 cm³/mol. The minimum Gasteiger partial charge on any atom is -0.392 e. The Hall–Kier alpha value is -0.950. The number of aliphatic hydroxyl groups excluding tert-OH is 1. The Kier molecular flexibility index (Phi) is 4.80. The van der Waals surface area contributed by atoms with E-state index in [1.54, 1.807) is 25.1 Å². The van der Waals surface area contributed by atoms with E-state index in [4.69, 9.17) is 5.11 Å². The van der Waals surface area contributed by atoms with E-state index in [0.717, 1.165) is 25.9 Å². The molecule has 1 aliphatic heterocycles. The van der Waals surface area contributed by atoms with E-state index >= 15 is 0 Å². The molecule has 0 amide bonds. The summed E-state index contributed by atoms with van der Waals surface area (Å²) in [7, 11) is -1.48. The largest absolute Gasteiger partial charge is 0.392 e. The smallest absolute Gasteiger partial charge is 0.241 e. The van der Waals surface area contributed by atoms with Crippen LogP contribution in [0.3, 0.4) is 0 Å². The van der Waals surface area contributed by atoms with Crippen molar-refractivity contribution in [2.24, 2.45) is 0 Å². The van der Waals surface area contributed by atoms with E-state index in [1.807, 2.05) is 7.05 Å². The van der Waals surface area contributed by atoms with Gasteiger partial charge in [0.2, 0.25) is 10.0 Å². The third-order valence-corrected chi connectivity index (χ3v) is 5.43. The summed E-state index contributed by atoms with van der Waals surface area (Å²) in [5.74, 6) is 0. The second-order valence-electron chi connectivity index (χ2n) is 5.46. The zero-order valence-corrected chi connectivity index (χ0v) is 12.8. The van der Waals surface area contributed by atoms with Gasteiger partial charge in [-0.05, 0) is 57.1 Å². The highest BCUT2D eigenvalue weighted by Gasteiger charge is 2.24. The molecule has 0 bridgehead atoms. The summed E-state index contributed by atoms with van der Waals surface area (Å²) in [5, 5.41) is 9.15. The SMILES string of the molecule is Cc1ccc(CO)cc1S(=O)(=O)NC1CCN(C)CC1. The average molecular weight is 298 g/mol. The first kappa shape index (κ1) is 15.4. The Morgan fingerprint density at radius 2 is 2.00 bits per heavy atom. The summed E-state index contributed by atoms with van der Waals surface area (Å²) in [6.07, 6.45) is 1.66. The van der Waals surface area contributed by atoms with E-state index in [2.05, 4.69) is 9.62 Å². The van der Waals surface area contributed by atoms with Gasteiger partial charge in [0, 0.05) is 6.04 Å². The number of hydrogen-bond acceptors (Lipinski definition) is 4. The summed E-state index contributed by atoms with van der Waals surface area (Å²) >= 11 is 0. The number of likely N-dealkylation sites (tertiary alicyclic amines) is 1. The van der Waals surface area contributed by atoms with E-state index in [-0.39, 0.29) is 17.5 Å². The molecule has 1 saturated heterocycles. The number of rotatable bonds is 4. The van der Waals surface area contributed by atoms with Crippen molar-refractivity contribution in [3.8, 4) is 0 Å². The van der Waals surface area contributed by atoms with Gasteiger partial charge in [0.1, 0.15) is 0 Å². The second kappa shape index (κ2) is 6.22. The lowest BCUT2D eigenvalue weighted by molar-refractivity contribution is 0.248. The molecule has 20 heavy (non-hydrogen) atoms. The molecule has 0 aromatic heterocycles. The number of benzene rings is 1. The van der Waals surface area contributed by atoms with Crippen molar-refractivity contribution in [2.75, 3.05) is 20.1 Å². The minimum absolute atomic E-state index is 0.00613. The van der Waals surface area contributed by atoms with Crippen LogP contribution in [0.25, 0.3) is 0 Å². The minimum atomic E-state index is -3.52. The highest BCUT2D eigenvalue weighted by atomic mass is 32.2. The zero-order chi connectivity index (χ0) is 14.8. The fourth-order valence-electron chi connectivity index (χ4n) is 2.44. The zero-order valence-electron chi connectivity index (χ0n) is 12.0. The first-order chi connectivity index (χ1) is 9.42. The molecule has 2 rings (SSSR count).